The third kappa shape index (κ3) is 6.34. The fourth-order valence-electron chi connectivity index (χ4n) is 3.29. The molecule has 5 atom stereocenters. The van der Waals surface area contributed by atoms with Crippen molar-refractivity contribution in [1.29, 1.82) is 0 Å². The van der Waals surface area contributed by atoms with E-state index in [1.54, 1.807) is 6.07 Å². The SMILES string of the molecule is O=c1ccn([C@@H]2O[C@H](COP(=O)(O)OP(=O)(O)O)[C@@H](O)[C@H]2O)c(=O)n1CCc1ccccc1F. The van der Waals surface area contributed by atoms with Crippen molar-refractivity contribution in [3.8, 4) is 0 Å². The van der Waals surface area contributed by atoms with E-state index in [9.17, 15) is 38.2 Å². The van der Waals surface area contributed by atoms with E-state index >= 15 is 0 Å². The number of halogens is 1. The van der Waals surface area contributed by atoms with Gasteiger partial charge in [0.25, 0.3) is 5.56 Å². The van der Waals surface area contributed by atoms with Crippen molar-refractivity contribution in [2.45, 2.75) is 37.5 Å². The molecule has 1 aliphatic heterocycles. The Morgan fingerprint density at radius 1 is 1.06 bits per heavy atom. The zero-order valence-electron chi connectivity index (χ0n) is 17.2. The van der Waals surface area contributed by atoms with E-state index in [1.807, 2.05) is 0 Å². The zero-order chi connectivity index (χ0) is 25.3. The smallest absolute Gasteiger partial charge is 0.387 e. The third-order valence-electron chi connectivity index (χ3n) is 4.88. The Morgan fingerprint density at radius 2 is 1.74 bits per heavy atom. The number of benzene rings is 1. The van der Waals surface area contributed by atoms with Crippen LogP contribution in [0.15, 0.2) is 46.1 Å². The summed E-state index contributed by atoms with van der Waals surface area (Å²) in [7, 11) is -10.6. The summed E-state index contributed by atoms with van der Waals surface area (Å²) in [5, 5.41) is 20.5. The van der Waals surface area contributed by atoms with Gasteiger partial charge in [-0.3, -0.25) is 18.5 Å². The largest absolute Gasteiger partial charge is 0.481 e. The van der Waals surface area contributed by atoms with Crippen LogP contribution in [0.1, 0.15) is 11.8 Å². The molecule has 1 aliphatic rings. The maximum atomic E-state index is 13.8. The fraction of sp³-hybridized carbons (Fsp3) is 0.412. The molecular weight excluding hydrogens is 505 g/mol. The summed E-state index contributed by atoms with van der Waals surface area (Å²) >= 11 is 0. The summed E-state index contributed by atoms with van der Waals surface area (Å²) in [5.74, 6) is -0.517. The molecule has 2 heterocycles. The highest BCUT2D eigenvalue weighted by molar-refractivity contribution is 7.60. The number of aliphatic hydroxyl groups is 2. The van der Waals surface area contributed by atoms with Gasteiger partial charge in [-0.05, 0) is 18.1 Å². The van der Waals surface area contributed by atoms with Crippen molar-refractivity contribution < 1.29 is 52.0 Å². The van der Waals surface area contributed by atoms with E-state index in [0.29, 0.717) is 0 Å². The van der Waals surface area contributed by atoms with Crippen molar-refractivity contribution in [3.63, 3.8) is 0 Å². The number of ether oxygens (including phenoxy) is 1. The topological polar surface area (TPSA) is 207 Å². The van der Waals surface area contributed by atoms with Gasteiger partial charge in [0, 0.05) is 18.8 Å². The molecule has 0 amide bonds. The Hall–Kier alpha value is -2.03. The predicted molar refractivity (Wildman–Crippen MR) is 110 cm³/mol. The maximum absolute atomic E-state index is 13.8. The van der Waals surface area contributed by atoms with E-state index in [4.69, 9.17) is 14.5 Å². The average Bonchev–Trinajstić information content (AvgIpc) is 3.00. The number of aliphatic hydroxyl groups excluding tert-OH is 2. The molecule has 188 valence electrons. The summed E-state index contributed by atoms with van der Waals surface area (Å²) < 4.78 is 51.0. The lowest BCUT2D eigenvalue weighted by atomic mass is 10.1. The normalized spacial score (nSPS) is 24.8. The lowest BCUT2D eigenvalue weighted by Crippen LogP contribution is -2.43. The highest BCUT2D eigenvalue weighted by Gasteiger charge is 2.46. The van der Waals surface area contributed by atoms with Gasteiger partial charge in [-0.15, -0.1) is 0 Å². The van der Waals surface area contributed by atoms with E-state index in [1.165, 1.54) is 18.2 Å². The van der Waals surface area contributed by atoms with Gasteiger partial charge >= 0.3 is 21.3 Å². The molecule has 1 unspecified atom stereocenters. The Bertz CT molecular complexity index is 1240. The molecule has 1 fully saturated rings. The number of aryl methyl sites for hydroxylation is 1. The highest BCUT2D eigenvalue weighted by atomic mass is 31.3. The van der Waals surface area contributed by atoms with Crippen molar-refractivity contribution in [1.82, 2.24) is 9.13 Å². The minimum absolute atomic E-state index is 0.00432. The van der Waals surface area contributed by atoms with Crippen LogP contribution in [0.4, 0.5) is 4.39 Å². The molecule has 0 spiro atoms. The Labute approximate surface area is 190 Å². The lowest BCUT2D eigenvalue weighted by molar-refractivity contribution is -0.0548. The van der Waals surface area contributed by atoms with Crippen molar-refractivity contribution in [3.05, 3.63) is 68.7 Å². The number of nitrogens with zero attached hydrogens (tertiary/aromatic N) is 2. The molecule has 17 heteroatoms. The van der Waals surface area contributed by atoms with Crippen LogP contribution in [0.3, 0.4) is 0 Å². The molecule has 0 bridgehead atoms. The molecular formula is C17H21FN2O12P2. The molecule has 14 nitrogen and oxygen atoms in total. The molecule has 5 N–H and O–H groups in total. The van der Waals surface area contributed by atoms with Crippen LogP contribution in [0.2, 0.25) is 0 Å². The first-order valence-corrected chi connectivity index (χ1v) is 12.6. The van der Waals surface area contributed by atoms with Gasteiger partial charge in [0.1, 0.15) is 24.1 Å². The van der Waals surface area contributed by atoms with E-state index in [2.05, 4.69) is 8.83 Å². The minimum atomic E-state index is -5.38. The molecule has 0 radical (unpaired) electrons. The lowest BCUT2D eigenvalue weighted by Gasteiger charge is -2.19. The van der Waals surface area contributed by atoms with Crippen LogP contribution in [-0.4, -0.2) is 58.9 Å². The molecule has 1 aromatic heterocycles. The number of aromatic nitrogens is 2. The summed E-state index contributed by atoms with van der Waals surface area (Å²) in [6, 6.07) is 6.78. The van der Waals surface area contributed by atoms with Crippen molar-refractivity contribution in [2.75, 3.05) is 6.61 Å². The summed E-state index contributed by atoms with van der Waals surface area (Å²) in [6.07, 6.45) is -5.59. The molecule has 3 rings (SSSR count). The summed E-state index contributed by atoms with van der Waals surface area (Å²) in [5.41, 5.74) is -1.39. The van der Waals surface area contributed by atoms with Gasteiger partial charge in [-0.1, -0.05) is 18.2 Å². The first-order chi connectivity index (χ1) is 15.8. The summed E-state index contributed by atoms with van der Waals surface area (Å²) in [4.78, 5) is 51.6. The molecule has 2 aromatic rings. The standard InChI is InChI=1S/C17H21FN2O12P2/c18-11-4-2-1-3-10(11)5-7-19-13(21)6-8-20(17(19)24)16-15(23)14(22)12(31-16)9-30-34(28,29)32-33(25,26)27/h1-4,6,8,12,14-16,22-23H,5,7,9H2,(H,28,29)(H2,25,26,27)/t12-,14-,15-,16-/m1/s1. The number of hydrogen-bond donors (Lipinski definition) is 5. The van der Waals surface area contributed by atoms with E-state index in [-0.39, 0.29) is 18.5 Å². The zero-order valence-corrected chi connectivity index (χ0v) is 18.9. The first-order valence-electron chi connectivity index (χ1n) is 9.60. The predicted octanol–water partition coefficient (Wildman–Crippen LogP) is -0.763. The van der Waals surface area contributed by atoms with Crippen LogP contribution in [-0.2, 0) is 35.7 Å². The number of hydrogen-bond acceptors (Lipinski definition) is 9. The van der Waals surface area contributed by atoms with E-state index < -0.39 is 63.9 Å². The van der Waals surface area contributed by atoms with E-state index in [0.717, 1.165) is 21.4 Å². The quantitative estimate of drug-likeness (QED) is 0.256. The van der Waals surface area contributed by atoms with Crippen molar-refractivity contribution >= 4 is 15.6 Å². The molecule has 1 saturated heterocycles. The molecule has 0 aliphatic carbocycles. The maximum Gasteiger partial charge on any atom is 0.481 e. The van der Waals surface area contributed by atoms with Crippen LogP contribution >= 0.6 is 15.6 Å². The second-order valence-electron chi connectivity index (χ2n) is 7.22. The van der Waals surface area contributed by atoms with Gasteiger partial charge in [0.05, 0.1) is 6.61 Å². The minimum Gasteiger partial charge on any atom is -0.387 e. The van der Waals surface area contributed by atoms with Gasteiger partial charge in [0.15, 0.2) is 6.23 Å². The monoisotopic (exact) mass is 526 g/mol. The molecule has 1 aromatic carbocycles. The van der Waals surface area contributed by atoms with Gasteiger partial charge in [-0.25, -0.2) is 18.3 Å². The van der Waals surface area contributed by atoms with Crippen LogP contribution in [0.5, 0.6) is 0 Å². The second kappa shape index (κ2) is 10.3. The molecule has 34 heavy (non-hydrogen) atoms. The molecule has 0 saturated carbocycles. The average molecular weight is 526 g/mol. The second-order valence-corrected chi connectivity index (χ2v) is 10.0. The summed E-state index contributed by atoms with van der Waals surface area (Å²) in [6.45, 7) is -1.16. The van der Waals surface area contributed by atoms with Crippen LogP contribution in [0.25, 0.3) is 0 Å². The highest BCUT2D eigenvalue weighted by Crippen LogP contribution is 2.57. The third-order valence-corrected chi connectivity index (χ3v) is 7.03. The number of phosphoric ester groups is 1. The van der Waals surface area contributed by atoms with Gasteiger partial charge in [0.2, 0.25) is 0 Å². The number of phosphoric acid groups is 2. The first kappa shape index (κ1) is 26.6. The Morgan fingerprint density at radius 3 is 2.38 bits per heavy atom. The fourth-order valence-corrected chi connectivity index (χ4v) is 4.89. The number of rotatable bonds is 9. The van der Waals surface area contributed by atoms with Crippen LogP contribution in [0, 0.1) is 5.82 Å². The van der Waals surface area contributed by atoms with Gasteiger partial charge < -0.3 is 29.6 Å². The Balaban J connectivity index is 1.76. The van der Waals surface area contributed by atoms with Gasteiger partial charge in [-0.2, -0.15) is 4.31 Å². The Kier molecular flexibility index (Phi) is 8.05. The van der Waals surface area contributed by atoms with Crippen LogP contribution < -0.4 is 11.2 Å². The van der Waals surface area contributed by atoms with Crippen molar-refractivity contribution in [2.24, 2.45) is 0 Å².